The van der Waals surface area contributed by atoms with E-state index in [2.05, 4.69) is 22.5 Å². The molecule has 1 aromatic rings. The van der Waals surface area contributed by atoms with Gasteiger partial charge in [-0.2, -0.15) is 0 Å². The van der Waals surface area contributed by atoms with Crippen molar-refractivity contribution in [1.29, 1.82) is 0 Å². The van der Waals surface area contributed by atoms with Crippen LogP contribution in [0.5, 0.6) is 0 Å². The smallest absolute Gasteiger partial charge is 0.228 e. The van der Waals surface area contributed by atoms with Crippen molar-refractivity contribution < 1.29 is 9.18 Å². The molecule has 1 aromatic heterocycles. The minimum Gasteiger partial charge on any atom is -0.323 e. The molecule has 0 unspecified atom stereocenters. The molecule has 2 bridgehead atoms. The Morgan fingerprint density at radius 1 is 1.41 bits per heavy atom. The van der Waals surface area contributed by atoms with Crippen molar-refractivity contribution in [3.8, 4) is 0 Å². The van der Waals surface area contributed by atoms with Crippen molar-refractivity contribution in [2.45, 2.75) is 12.8 Å². The third kappa shape index (κ3) is 1.84. The Labute approximate surface area is 98.7 Å². The summed E-state index contributed by atoms with van der Waals surface area (Å²) in [5.74, 6) is 0.312. The van der Waals surface area contributed by atoms with Gasteiger partial charge in [0.1, 0.15) is 0 Å². The standard InChI is InChI=1S/C13H13FN2O/c14-11-7-15-4-3-12(11)16-13(17)10-6-8-1-2-9(10)5-8/h1-4,7-10H,5-6H2,(H,15,16,17)/t8-,9-,10+/m0/s1. The zero-order valence-electron chi connectivity index (χ0n) is 9.27. The van der Waals surface area contributed by atoms with Gasteiger partial charge in [0.25, 0.3) is 0 Å². The SMILES string of the molecule is O=C(Nc1ccncc1F)[C@@H]1C[C@H]2C=C[C@H]1C2. The van der Waals surface area contributed by atoms with Crippen LogP contribution < -0.4 is 5.32 Å². The number of hydrogen-bond donors (Lipinski definition) is 1. The number of carbonyl (C=O) groups is 1. The lowest BCUT2D eigenvalue weighted by Crippen LogP contribution is -2.26. The average molecular weight is 232 g/mol. The average Bonchev–Trinajstić information content (AvgIpc) is 2.94. The number of anilines is 1. The van der Waals surface area contributed by atoms with Gasteiger partial charge in [-0.05, 0) is 30.7 Å². The fourth-order valence-corrected chi connectivity index (χ4v) is 2.78. The van der Waals surface area contributed by atoms with Crippen LogP contribution in [-0.2, 0) is 4.79 Å². The molecule has 0 saturated heterocycles. The minimum atomic E-state index is -0.487. The quantitative estimate of drug-likeness (QED) is 0.795. The summed E-state index contributed by atoms with van der Waals surface area (Å²) >= 11 is 0. The normalized spacial score (nSPS) is 29.6. The summed E-state index contributed by atoms with van der Waals surface area (Å²) in [5.41, 5.74) is 0.219. The van der Waals surface area contributed by atoms with Gasteiger partial charge in [-0.25, -0.2) is 4.39 Å². The number of rotatable bonds is 2. The Bertz CT molecular complexity index is 486. The summed E-state index contributed by atoms with van der Waals surface area (Å²) in [4.78, 5) is 15.7. The highest BCUT2D eigenvalue weighted by Crippen LogP contribution is 2.43. The summed E-state index contributed by atoms with van der Waals surface area (Å²) in [6.45, 7) is 0. The van der Waals surface area contributed by atoms with Crippen LogP contribution in [0.2, 0.25) is 0 Å². The number of aromatic nitrogens is 1. The molecule has 17 heavy (non-hydrogen) atoms. The molecular formula is C13H13FN2O. The number of hydrogen-bond acceptors (Lipinski definition) is 2. The molecule has 0 radical (unpaired) electrons. The maximum atomic E-state index is 13.3. The van der Waals surface area contributed by atoms with Crippen LogP contribution in [0.3, 0.4) is 0 Å². The highest BCUT2D eigenvalue weighted by molar-refractivity contribution is 5.93. The zero-order valence-corrected chi connectivity index (χ0v) is 9.27. The number of carbonyl (C=O) groups excluding carboxylic acids is 1. The number of halogens is 1. The summed E-state index contributed by atoms with van der Waals surface area (Å²) in [6.07, 6.45) is 8.83. The predicted molar refractivity (Wildman–Crippen MR) is 61.7 cm³/mol. The second-order valence-corrected chi connectivity index (χ2v) is 4.73. The Morgan fingerprint density at radius 3 is 2.94 bits per heavy atom. The fraction of sp³-hybridized carbons (Fsp3) is 0.385. The van der Waals surface area contributed by atoms with Crippen molar-refractivity contribution >= 4 is 11.6 Å². The molecule has 3 atom stereocenters. The fourth-order valence-electron chi connectivity index (χ4n) is 2.78. The van der Waals surface area contributed by atoms with E-state index >= 15 is 0 Å². The van der Waals surface area contributed by atoms with E-state index in [9.17, 15) is 9.18 Å². The van der Waals surface area contributed by atoms with E-state index in [4.69, 9.17) is 0 Å². The maximum absolute atomic E-state index is 13.3. The highest BCUT2D eigenvalue weighted by Gasteiger charge is 2.39. The van der Waals surface area contributed by atoms with Crippen LogP contribution >= 0.6 is 0 Å². The van der Waals surface area contributed by atoms with E-state index in [0.29, 0.717) is 11.8 Å². The third-order valence-electron chi connectivity index (χ3n) is 3.65. The van der Waals surface area contributed by atoms with Crippen molar-refractivity contribution in [2.24, 2.45) is 17.8 Å². The first kappa shape index (κ1) is 10.4. The number of allylic oxidation sites excluding steroid dienone is 2. The number of nitrogens with zero attached hydrogens (tertiary/aromatic N) is 1. The lowest BCUT2D eigenvalue weighted by atomic mass is 9.93. The van der Waals surface area contributed by atoms with Gasteiger partial charge in [0.15, 0.2) is 5.82 Å². The molecule has 0 spiro atoms. The molecule has 1 fully saturated rings. The lowest BCUT2D eigenvalue weighted by molar-refractivity contribution is -0.120. The van der Waals surface area contributed by atoms with Crippen LogP contribution in [0.4, 0.5) is 10.1 Å². The molecule has 88 valence electrons. The first-order valence-electron chi connectivity index (χ1n) is 5.83. The molecular weight excluding hydrogens is 219 g/mol. The second-order valence-electron chi connectivity index (χ2n) is 4.73. The largest absolute Gasteiger partial charge is 0.323 e. The zero-order chi connectivity index (χ0) is 11.8. The van der Waals surface area contributed by atoms with Gasteiger partial charge < -0.3 is 5.32 Å². The number of amides is 1. The third-order valence-corrected chi connectivity index (χ3v) is 3.65. The van der Waals surface area contributed by atoms with Crippen LogP contribution in [0.1, 0.15) is 12.8 Å². The van der Waals surface area contributed by atoms with E-state index in [-0.39, 0.29) is 17.5 Å². The van der Waals surface area contributed by atoms with Crippen molar-refractivity contribution in [3.63, 3.8) is 0 Å². The topological polar surface area (TPSA) is 42.0 Å². The van der Waals surface area contributed by atoms with Crippen LogP contribution in [0, 0.1) is 23.6 Å². The summed E-state index contributed by atoms with van der Waals surface area (Å²) < 4.78 is 13.3. The Hall–Kier alpha value is -1.71. The van der Waals surface area contributed by atoms with Crippen LogP contribution in [0.15, 0.2) is 30.6 Å². The first-order valence-corrected chi connectivity index (χ1v) is 5.83. The summed E-state index contributed by atoms with van der Waals surface area (Å²) in [5, 5.41) is 2.65. The molecule has 3 rings (SSSR count). The van der Waals surface area contributed by atoms with Gasteiger partial charge in [0, 0.05) is 12.1 Å². The summed E-state index contributed by atoms with van der Waals surface area (Å²) in [7, 11) is 0. The molecule has 0 aliphatic heterocycles. The predicted octanol–water partition coefficient (Wildman–Crippen LogP) is 2.37. The van der Waals surface area contributed by atoms with E-state index in [1.165, 1.54) is 12.3 Å². The van der Waals surface area contributed by atoms with Crippen LogP contribution in [-0.4, -0.2) is 10.9 Å². The van der Waals surface area contributed by atoms with E-state index in [0.717, 1.165) is 19.0 Å². The minimum absolute atomic E-state index is 0.00225. The van der Waals surface area contributed by atoms with Crippen molar-refractivity contribution in [1.82, 2.24) is 4.98 Å². The van der Waals surface area contributed by atoms with Gasteiger partial charge >= 0.3 is 0 Å². The van der Waals surface area contributed by atoms with Gasteiger partial charge in [0.2, 0.25) is 5.91 Å². The summed E-state index contributed by atoms with van der Waals surface area (Å²) in [6, 6.07) is 1.48. The number of nitrogens with one attached hydrogen (secondary N) is 1. The van der Waals surface area contributed by atoms with E-state index in [1.807, 2.05) is 0 Å². The maximum Gasteiger partial charge on any atom is 0.228 e. The van der Waals surface area contributed by atoms with Crippen molar-refractivity contribution in [2.75, 3.05) is 5.32 Å². The Balaban J connectivity index is 1.72. The lowest BCUT2D eigenvalue weighted by Gasteiger charge is -2.17. The van der Waals surface area contributed by atoms with E-state index < -0.39 is 5.82 Å². The molecule has 2 aliphatic rings. The molecule has 1 amide bonds. The second kappa shape index (κ2) is 3.95. The Morgan fingerprint density at radius 2 is 2.29 bits per heavy atom. The molecule has 3 nitrogen and oxygen atoms in total. The molecule has 2 aliphatic carbocycles. The monoisotopic (exact) mass is 232 g/mol. The Kier molecular flexibility index (Phi) is 2.42. The molecule has 4 heteroatoms. The van der Waals surface area contributed by atoms with Crippen molar-refractivity contribution in [3.05, 3.63) is 36.4 Å². The molecule has 1 N–H and O–H groups in total. The first-order chi connectivity index (χ1) is 8.24. The highest BCUT2D eigenvalue weighted by atomic mass is 19.1. The van der Waals surface area contributed by atoms with Crippen LogP contribution in [0.25, 0.3) is 0 Å². The van der Waals surface area contributed by atoms with Gasteiger partial charge in [-0.15, -0.1) is 0 Å². The van der Waals surface area contributed by atoms with Gasteiger partial charge in [-0.1, -0.05) is 12.2 Å². The molecule has 1 heterocycles. The van der Waals surface area contributed by atoms with E-state index in [1.54, 1.807) is 0 Å². The number of pyridine rings is 1. The number of fused-ring (bicyclic) bond motifs is 2. The molecule has 0 aromatic carbocycles. The van der Waals surface area contributed by atoms with Gasteiger partial charge in [-0.3, -0.25) is 9.78 Å². The molecule has 1 saturated carbocycles. The van der Waals surface area contributed by atoms with Gasteiger partial charge in [0.05, 0.1) is 11.9 Å².